The topological polar surface area (TPSA) is 86.7 Å². The molecule has 2 N–H and O–H groups in total. The molecule has 1 aliphatic heterocycles. The molecule has 2 rings (SSSR count). The quantitative estimate of drug-likeness (QED) is 0.745. The second-order valence-corrected chi connectivity index (χ2v) is 5.91. The molecule has 1 heterocycles. The van der Waals surface area contributed by atoms with Crippen LogP contribution in [0.15, 0.2) is 24.3 Å². The molecule has 0 saturated carbocycles. The lowest BCUT2D eigenvalue weighted by Gasteiger charge is -2.18. The monoisotopic (exact) mass is 338 g/mol. The Morgan fingerprint density at radius 2 is 2.04 bits per heavy atom. The molecule has 0 radical (unpaired) electrons. The van der Waals surface area contributed by atoms with Crippen LogP contribution < -0.4 is 10.2 Å². The number of rotatable bonds is 7. The van der Waals surface area contributed by atoms with Gasteiger partial charge in [-0.1, -0.05) is 23.7 Å². The summed E-state index contributed by atoms with van der Waals surface area (Å²) in [5, 5.41) is 11.8. The molecule has 1 aromatic rings. The fraction of sp³-hybridized carbons (Fsp3) is 0.438. The van der Waals surface area contributed by atoms with Gasteiger partial charge in [0.05, 0.1) is 16.6 Å². The molecule has 1 aromatic carbocycles. The Bertz CT molecular complexity index is 605. The van der Waals surface area contributed by atoms with E-state index in [9.17, 15) is 14.4 Å². The lowest BCUT2D eigenvalue weighted by Crippen LogP contribution is -2.33. The Hall–Kier alpha value is -2.08. The number of carboxylic acid groups (broad SMARTS) is 1. The molecule has 1 saturated heterocycles. The van der Waals surface area contributed by atoms with Gasteiger partial charge in [-0.3, -0.25) is 14.4 Å². The number of anilines is 1. The largest absolute Gasteiger partial charge is 0.481 e. The highest BCUT2D eigenvalue weighted by Gasteiger charge is 2.35. The van der Waals surface area contributed by atoms with Gasteiger partial charge < -0.3 is 15.3 Å². The number of carboxylic acids is 1. The van der Waals surface area contributed by atoms with Crippen molar-refractivity contribution < 1.29 is 19.5 Å². The van der Waals surface area contributed by atoms with Crippen molar-refractivity contribution in [3.63, 3.8) is 0 Å². The van der Waals surface area contributed by atoms with E-state index in [0.717, 1.165) is 0 Å². The first-order chi connectivity index (χ1) is 11.0. The normalized spacial score (nSPS) is 17.3. The molecule has 0 spiro atoms. The summed E-state index contributed by atoms with van der Waals surface area (Å²) >= 11 is 6.10. The number of carbonyl (C=O) groups excluding carboxylic acids is 2. The molecular formula is C16H19ClN2O4. The number of halogens is 1. The van der Waals surface area contributed by atoms with Crippen LogP contribution in [0, 0.1) is 5.92 Å². The Balaban J connectivity index is 1.84. The molecule has 124 valence electrons. The Morgan fingerprint density at radius 1 is 1.30 bits per heavy atom. The van der Waals surface area contributed by atoms with E-state index in [1.54, 1.807) is 24.3 Å². The highest BCUT2D eigenvalue weighted by molar-refractivity contribution is 6.33. The Morgan fingerprint density at radius 3 is 2.74 bits per heavy atom. The summed E-state index contributed by atoms with van der Waals surface area (Å²) in [4.78, 5) is 36.2. The average molecular weight is 339 g/mol. The summed E-state index contributed by atoms with van der Waals surface area (Å²) in [6.07, 6.45) is 1.38. The first-order valence-corrected chi connectivity index (χ1v) is 7.91. The summed E-state index contributed by atoms with van der Waals surface area (Å²) in [7, 11) is 0. The minimum absolute atomic E-state index is 0.0953. The maximum absolute atomic E-state index is 12.1. The number of benzene rings is 1. The van der Waals surface area contributed by atoms with Crippen molar-refractivity contribution in [3.05, 3.63) is 29.3 Å². The van der Waals surface area contributed by atoms with Crippen LogP contribution in [0.25, 0.3) is 0 Å². The SMILES string of the molecule is O=C(O)CCCCNC(=O)[C@H]1CC(=O)N(c2ccccc2Cl)C1. The maximum Gasteiger partial charge on any atom is 0.303 e. The van der Waals surface area contributed by atoms with E-state index in [1.807, 2.05) is 0 Å². The number of amides is 2. The van der Waals surface area contributed by atoms with Crippen molar-refractivity contribution in [3.8, 4) is 0 Å². The van der Waals surface area contributed by atoms with Gasteiger partial charge in [-0.25, -0.2) is 0 Å². The number of nitrogens with zero attached hydrogens (tertiary/aromatic N) is 1. The van der Waals surface area contributed by atoms with E-state index in [0.29, 0.717) is 36.6 Å². The van der Waals surface area contributed by atoms with Gasteiger partial charge in [0.25, 0.3) is 0 Å². The molecule has 1 fully saturated rings. The summed E-state index contributed by atoms with van der Waals surface area (Å²) in [5.74, 6) is -1.54. The molecular weight excluding hydrogens is 320 g/mol. The predicted octanol–water partition coefficient (Wildman–Crippen LogP) is 2.06. The smallest absolute Gasteiger partial charge is 0.303 e. The van der Waals surface area contributed by atoms with E-state index in [-0.39, 0.29) is 24.7 Å². The van der Waals surface area contributed by atoms with Gasteiger partial charge in [-0.05, 0) is 25.0 Å². The first-order valence-electron chi connectivity index (χ1n) is 7.53. The second kappa shape index (κ2) is 7.97. The molecule has 2 amide bonds. The third-order valence-corrected chi connectivity index (χ3v) is 4.08. The standard InChI is InChI=1S/C16H19ClN2O4/c17-12-5-1-2-6-13(12)19-10-11(9-14(19)20)16(23)18-8-4-3-7-15(21)22/h1-2,5-6,11H,3-4,7-10H2,(H,18,23)(H,21,22)/t11-/m0/s1. The van der Waals surface area contributed by atoms with Crippen LogP contribution in [0.5, 0.6) is 0 Å². The number of unbranched alkanes of at least 4 members (excludes halogenated alkanes) is 1. The van der Waals surface area contributed by atoms with E-state index in [2.05, 4.69) is 5.32 Å². The number of hydrogen-bond donors (Lipinski definition) is 2. The fourth-order valence-corrected chi connectivity index (χ4v) is 2.78. The predicted molar refractivity (Wildman–Crippen MR) is 86.4 cm³/mol. The zero-order valence-corrected chi connectivity index (χ0v) is 13.4. The summed E-state index contributed by atoms with van der Waals surface area (Å²) < 4.78 is 0. The lowest BCUT2D eigenvalue weighted by molar-refractivity contribution is -0.137. The molecule has 0 bridgehead atoms. The molecule has 1 aliphatic rings. The average Bonchev–Trinajstić information content (AvgIpc) is 2.89. The van der Waals surface area contributed by atoms with Crippen molar-refractivity contribution in [2.24, 2.45) is 5.92 Å². The van der Waals surface area contributed by atoms with Crippen molar-refractivity contribution in [1.82, 2.24) is 5.32 Å². The van der Waals surface area contributed by atoms with Crippen LogP contribution in [0.1, 0.15) is 25.7 Å². The highest BCUT2D eigenvalue weighted by atomic mass is 35.5. The van der Waals surface area contributed by atoms with Gasteiger partial charge in [0.15, 0.2) is 0 Å². The molecule has 0 aromatic heterocycles. The van der Waals surface area contributed by atoms with E-state index >= 15 is 0 Å². The number of aliphatic carboxylic acids is 1. The van der Waals surface area contributed by atoms with Crippen molar-refractivity contribution in [2.45, 2.75) is 25.7 Å². The number of carbonyl (C=O) groups is 3. The Labute approximate surface area is 139 Å². The van der Waals surface area contributed by atoms with Gasteiger partial charge >= 0.3 is 5.97 Å². The highest BCUT2D eigenvalue weighted by Crippen LogP contribution is 2.30. The molecule has 1 atom stereocenters. The lowest BCUT2D eigenvalue weighted by atomic mass is 10.1. The first kappa shape index (κ1) is 17.3. The summed E-state index contributed by atoms with van der Waals surface area (Å²) in [6, 6.07) is 7.05. The van der Waals surface area contributed by atoms with E-state index < -0.39 is 11.9 Å². The van der Waals surface area contributed by atoms with Gasteiger partial charge in [0.1, 0.15) is 0 Å². The van der Waals surface area contributed by atoms with E-state index in [1.165, 1.54) is 4.90 Å². The molecule has 6 nitrogen and oxygen atoms in total. The van der Waals surface area contributed by atoms with Crippen molar-refractivity contribution in [1.29, 1.82) is 0 Å². The van der Waals surface area contributed by atoms with Crippen molar-refractivity contribution in [2.75, 3.05) is 18.0 Å². The molecule has 23 heavy (non-hydrogen) atoms. The van der Waals surface area contributed by atoms with Gasteiger partial charge in [0.2, 0.25) is 11.8 Å². The minimum atomic E-state index is -0.840. The molecule has 0 unspecified atom stereocenters. The molecule has 0 aliphatic carbocycles. The number of para-hydroxylation sites is 1. The van der Waals surface area contributed by atoms with Crippen LogP contribution in [0.2, 0.25) is 5.02 Å². The molecule has 7 heteroatoms. The van der Waals surface area contributed by atoms with Crippen LogP contribution in [0.4, 0.5) is 5.69 Å². The summed E-state index contributed by atoms with van der Waals surface area (Å²) in [5.41, 5.74) is 0.621. The Kier molecular flexibility index (Phi) is 5.98. The second-order valence-electron chi connectivity index (χ2n) is 5.50. The van der Waals surface area contributed by atoms with E-state index in [4.69, 9.17) is 16.7 Å². The van der Waals surface area contributed by atoms with Crippen LogP contribution >= 0.6 is 11.6 Å². The van der Waals surface area contributed by atoms with Crippen LogP contribution in [-0.4, -0.2) is 36.0 Å². The number of nitrogens with one attached hydrogen (secondary N) is 1. The third-order valence-electron chi connectivity index (χ3n) is 3.76. The van der Waals surface area contributed by atoms with Crippen LogP contribution in [-0.2, 0) is 14.4 Å². The minimum Gasteiger partial charge on any atom is -0.481 e. The van der Waals surface area contributed by atoms with Gasteiger partial charge in [-0.2, -0.15) is 0 Å². The zero-order valence-electron chi connectivity index (χ0n) is 12.6. The third kappa shape index (κ3) is 4.69. The summed E-state index contributed by atoms with van der Waals surface area (Å²) in [6.45, 7) is 0.729. The zero-order chi connectivity index (χ0) is 16.8. The fourth-order valence-electron chi connectivity index (χ4n) is 2.54. The van der Waals surface area contributed by atoms with Crippen molar-refractivity contribution >= 4 is 35.1 Å². The van der Waals surface area contributed by atoms with Gasteiger partial charge in [0, 0.05) is 25.9 Å². The van der Waals surface area contributed by atoms with Crippen LogP contribution in [0.3, 0.4) is 0 Å². The number of hydrogen-bond acceptors (Lipinski definition) is 3. The maximum atomic E-state index is 12.1. The van der Waals surface area contributed by atoms with Gasteiger partial charge in [-0.15, -0.1) is 0 Å².